The van der Waals surface area contributed by atoms with Gasteiger partial charge >= 0.3 is 0 Å². The summed E-state index contributed by atoms with van der Waals surface area (Å²) in [6.07, 6.45) is 2.59. The Morgan fingerprint density at radius 1 is 1.17 bits per heavy atom. The van der Waals surface area contributed by atoms with Gasteiger partial charge in [0.1, 0.15) is 10.6 Å². The highest BCUT2D eigenvalue weighted by molar-refractivity contribution is 7.89. The van der Waals surface area contributed by atoms with E-state index >= 15 is 0 Å². The zero-order valence-electron chi connectivity index (χ0n) is 16.5. The van der Waals surface area contributed by atoms with Gasteiger partial charge in [-0.1, -0.05) is 12.5 Å². The first kappa shape index (κ1) is 21.7. The molecule has 10 heteroatoms. The van der Waals surface area contributed by atoms with Crippen molar-refractivity contribution in [3.05, 3.63) is 58.1 Å². The van der Waals surface area contributed by atoms with Crippen molar-refractivity contribution in [3.8, 4) is 5.75 Å². The maximum Gasteiger partial charge on any atom is 0.270 e. The van der Waals surface area contributed by atoms with E-state index in [0.29, 0.717) is 19.7 Å². The van der Waals surface area contributed by atoms with E-state index < -0.39 is 20.9 Å². The average Bonchev–Trinajstić information content (AvgIpc) is 2.75. The van der Waals surface area contributed by atoms with Crippen molar-refractivity contribution in [2.75, 3.05) is 25.0 Å². The third-order valence-electron chi connectivity index (χ3n) is 4.75. The van der Waals surface area contributed by atoms with Crippen LogP contribution in [0.5, 0.6) is 5.75 Å². The summed E-state index contributed by atoms with van der Waals surface area (Å²) in [5.41, 5.74) is 0.145. The number of nitro groups is 1. The lowest BCUT2D eigenvalue weighted by atomic mass is 10.2. The molecule has 1 aliphatic rings. The Morgan fingerprint density at radius 2 is 1.90 bits per heavy atom. The summed E-state index contributed by atoms with van der Waals surface area (Å²) in [6, 6.07) is 9.72. The van der Waals surface area contributed by atoms with E-state index in [2.05, 4.69) is 5.32 Å². The van der Waals surface area contributed by atoms with Gasteiger partial charge in [-0.3, -0.25) is 14.9 Å². The van der Waals surface area contributed by atoms with Crippen LogP contribution in [0.2, 0.25) is 0 Å². The molecule has 1 aliphatic heterocycles. The Kier molecular flexibility index (Phi) is 6.68. The quantitative estimate of drug-likeness (QED) is 0.528. The summed E-state index contributed by atoms with van der Waals surface area (Å²) in [6.45, 7) is 2.94. The lowest BCUT2D eigenvalue weighted by molar-refractivity contribution is -0.384. The van der Waals surface area contributed by atoms with Crippen LogP contribution in [-0.2, 0) is 10.0 Å². The molecule has 0 bridgehead atoms. The van der Waals surface area contributed by atoms with E-state index in [9.17, 15) is 23.3 Å². The molecule has 160 valence electrons. The number of anilines is 1. The molecule has 2 aromatic rings. The van der Waals surface area contributed by atoms with E-state index in [0.717, 1.165) is 25.3 Å². The van der Waals surface area contributed by atoms with Crippen molar-refractivity contribution in [2.45, 2.75) is 31.1 Å². The van der Waals surface area contributed by atoms with E-state index in [1.54, 1.807) is 6.92 Å². The Bertz CT molecular complexity index is 1050. The summed E-state index contributed by atoms with van der Waals surface area (Å²) < 4.78 is 33.3. The second-order valence-corrected chi connectivity index (χ2v) is 8.73. The standard InChI is InChI=1S/C20H23N3O6S/c1-2-29-18-10-9-16(14-19(18)30(27,28)22-11-4-3-5-12-22)21-20(24)15-7-6-8-17(13-15)23(25)26/h6-10,13-14H,2-5,11-12H2,1H3,(H,21,24). The zero-order valence-corrected chi connectivity index (χ0v) is 17.4. The number of benzene rings is 2. The number of non-ortho nitro benzene ring substituents is 1. The van der Waals surface area contributed by atoms with Crippen LogP contribution in [0.1, 0.15) is 36.5 Å². The molecule has 1 fully saturated rings. The Balaban J connectivity index is 1.91. The summed E-state index contributed by atoms with van der Waals surface area (Å²) in [5.74, 6) is -0.361. The number of rotatable bonds is 7. The number of nitrogens with zero attached hydrogens (tertiary/aromatic N) is 2. The normalized spacial score (nSPS) is 14.8. The summed E-state index contributed by atoms with van der Waals surface area (Å²) >= 11 is 0. The van der Waals surface area contributed by atoms with Crippen molar-refractivity contribution < 1.29 is 22.9 Å². The number of piperidine rings is 1. The van der Waals surface area contributed by atoms with Gasteiger partial charge in [0, 0.05) is 36.5 Å². The fourth-order valence-electron chi connectivity index (χ4n) is 3.27. The largest absolute Gasteiger partial charge is 0.492 e. The van der Waals surface area contributed by atoms with Crippen molar-refractivity contribution in [3.63, 3.8) is 0 Å². The molecule has 1 N–H and O–H groups in total. The van der Waals surface area contributed by atoms with Crippen LogP contribution in [0, 0.1) is 10.1 Å². The molecule has 0 aliphatic carbocycles. The number of sulfonamides is 1. The van der Waals surface area contributed by atoms with Crippen LogP contribution in [0.4, 0.5) is 11.4 Å². The number of ether oxygens (including phenoxy) is 1. The lowest BCUT2D eigenvalue weighted by Gasteiger charge is -2.27. The first-order chi connectivity index (χ1) is 14.3. The molecule has 0 atom stereocenters. The van der Waals surface area contributed by atoms with E-state index in [4.69, 9.17) is 4.74 Å². The van der Waals surface area contributed by atoms with Crippen molar-refractivity contribution in [1.82, 2.24) is 4.31 Å². The third-order valence-corrected chi connectivity index (χ3v) is 6.67. The number of carbonyl (C=O) groups excluding carboxylic acids is 1. The fraction of sp³-hybridized carbons (Fsp3) is 0.350. The number of hydrogen-bond donors (Lipinski definition) is 1. The van der Waals surface area contributed by atoms with Gasteiger partial charge < -0.3 is 10.1 Å². The minimum atomic E-state index is -3.79. The summed E-state index contributed by atoms with van der Waals surface area (Å²) in [4.78, 5) is 22.9. The molecule has 3 rings (SSSR count). The van der Waals surface area contributed by atoms with Crippen LogP contribution in [0.3, 0.4) is 0 Å². The Morgan fingerprint density at radius 3 is 2.57 bits per heavy atom. The lowest BCUT2D eigenvalue weighted by Crippen LogP contribution is -2.35. The smallest absolute Gasteiger partial charge is 0.270 e. The van der Waals surface area contributed by atoms with Gasteiger partial charge in [0.15, 0.2) is 0 Å². The molecule has 30 heavy (non-hydrogen) atoms. The molecule has 0 spiro atoms. The van der Waals surface area contributed by atoms with E-state index in [1.165, 1.54) is 40.7 Å². The van der Waals surface area contributed by atoms with Crippen LogP contribution in [0.15, 0.2) is 47.4 Å². The monoisotopic (exact) mass is 433 g/mol. The summed E-state index contributed by atoms with van der Waals surface area (Å²) in [7, 11) is -3.79. The van der Waals surface area contributed by atoms with Gasteiger partial charge in [-0.2, -0.15) is 4.31 Å². The van der Waals surface area contributed by atoms with E-state index in [-0.39, 0.29) is 27.6 Å². The van der Waals surface area contributed by atoms with Crippen molar-refractivity contribution >= 4 is 27.3 Å². The number of hydrogen-bond acceptors (Lipinski definition) is 6. The topological polar surface area (TPSA) is 119 Å². The molecule has 0 saturated carbocycles. The molecule has 9 nitrogen and oxygen atoms in total. The van der Waals surface area contributed by atoms with Crippen LogP contribution in [0.25, 0.3) is 0 Å². The Hall–Kier alpha value is -2.98. The van der Waals surface area contributed by atoms with Gasteiger partial charge in [-0.15, -0.1) is 0 Å². The highest BCUT2D eigenvalue weighted by Crippen LogP contribution is 2.31. The van der Waals surface area contributed by atoms with Crippen molar-refractivity contribution in [1.29, 1.82) is 0 Å². The second kappa shape index (κ2) is 9.23. The van der Waals surface area contributed by atoms with Crippen LogP contribution in [-0.4, -0.2) is 43.2 Å². The number of carbonyl (C=O) groups is 1. The molecule has 0 aromatic heterocycles. The molecular weight excluding hydrogens is 410 g/mol. The predicted molar refractivity (Wildman–Crippen MR) is 111 cm³/mol. The second-order valence-electron chi connectivity index (χ2n) is 6.82. The van der Waals surface area contributed by atoms with Crippen molar-refractivity contribution in [2.24, 2.45) is 0 Å². The molecule has 2 aromatic carbocycles. The highest BCUT2D eigenvalue weighted by atomic mass is 32.2. The predicted octanol–water partition coefficient (Wildman–Crippen LogP) is 3.42. The SMILES string of the molecule is CCOc1ccc(NC(=O)c2cccc([N+](=O)[O-])c2)cc1S(=O)(=O)N1CCCCC1. The van der Waals surface area contributed by atoms with Gasteiger partial charge in [-0.25, -0.2) is 8.42 Å². The molecule has 1 saturated heterocycles. The number of nitrogens with one attached hydrogen (secondary N) is 1. The zero-order chi connectivity index (χ0) is 21.7. The number of amides is 1. The fourth-order valence-corrected chi connectivity index (χ4v) is 4.94. The molecule has 1 amide bonds. The van der Waals surface area contributed by atoms with Gasteiger partial charge in [0.2, 0.25) is 10.0 Å². The average molecular weight is 433 g/mol. The van der Waals surface area contributed by atoms with E-state index in [1.807, 2.05) is 0 Å². The van der Waals surface area contributed by atoms with Crippen LogP contribution >= 0.6 is 0 Å². The molecular formula is C20H23N3O6S. The van der Waals surface area contributed by atoms with Gasteiger partial charge in [0.05, 0.1) is 11.5 Å². The number of nitro benzene ring substituents is 1. The minimum absolute atomic E-state index is 0.0110. The molecule has 1 heterocycles. The molecule has 0 unspecified atom stereocenters. The maximum atomic E-state index is 13.2. The van der Waals surface area contributed by atoms with Crippen LogP contribution < -0.4 is 10.1 Å². The third kappa shape index (κ3) is 4.77. The highest BCUT2D eigenvalue weighted by Gasteiger charge is 2.29. The van der Waals surface area contributed by atoms with Gasteiger partial charge in [0.25, 0.3) is 11.6 Å². The molecule has 0 radical (unpaired) electrons. The maximum absolute atomic E-state index is 13.2. The first-order valence-corrected chi connectivity index (χ1v) is 11.1. The van der Waals surface area contributed by atoms with Gasteiger partial charge in [-0.05, 0) is 44.0 Å². The minimum Gasteiger partial charge on any atom is -0.492 e. The Labute approximate surface area is 174 Å². The first-order valence-electron chi connectivity index (χ1n) is 9.65. The summed E-state index contributed by atoms with van der Waals surface area (Å²) in [5, 5.41) is 13.5.